The molecule has 0 aromatic carbocycles. The van der Waals surface area contributed by atoms with E-state index in [0.717, 1.165) is 12.1 Å². The van der Waals surface area contributed by atoms with E-state index in [9.17, 15) is 0 Å². The number of hydrogen-bond acceptors (Lipinski definition) is 1. The normalized spacial score (nSPS) is 9.25. The van der Waals surface area contributed by atoms with Crippen molar-refractivity contribution in [1.29, 1.82) is 0 Å². The molecule has 0 heterocycles. The van der Waals surface area contributed by atoms with Crippen LogP contribution in [0, 0.1) is 0 Å². The largest absolute Gasteiger partial charge is 0.293 e. The van der Waals surface area contributed by atoms with Crippen LogP contribution in [0.1, 0.15) is 13.8 Å². The molecule has 1 nitrogen and oxygen atoms in total. The van der Waals surface area contributed by atoms with Crippen LogP contribution in [0.25, 0.3) is 0 Å². The van der Waals surface area contributed by atoms with E-state index in [-0.39, 0.29) is 0 Å². The molecule has 0 aliphatic carbocycles. The van der Waals surface area contributed by atoms with Gasteiger partial charge in [0.1, 0.15) is 0 Å². The molecule has 0 fully saturated rings. The Balaban J connectivity index is 3.56. The van der Waals surface area contributed by atoms with Gasteiger partial charge >= 0.3 is 0 Å². The Labute approximate surface area is 50.4 Å². The number of hydrogen-bond donors (Lipinski definition) is 0. The number of aliphatic imine (C=N–C) groups is 1. The van der Waals surface area contributed by atoms with E-state index in [4.69, 9.17) is 0 Å². The van der Waals surface area contributed by atoms with Crippen molar-refractivity contribution in [3.63, 3.8) is 0 Å². The second-order valence-electron chi connectivity index (χ2n) is 1.56. The van der Waals surface area contributed by atoms with Gasteiger partial charge in [-0.1, -0.05) is 6.58 Å². The lowest BCUT2D eigenvalue weighted by Crippen LogP contribution is -1.78. The van der Waals surface area contributed by atoms with E-state index < -0.39 is 0 Å². The fourth-order valence-corrected chi connectivity index (χ4v) is 0.284. The molecule has 0 rings (SSSR count). The van der Waals surface area contributed by atoms with Crippen molar-refractivity contribution in [3.05, 3.63) is 17.9 Å². The average Bonchev–Trinajstić information content (AvgIpc) is 1.83. The zero-order valence-corrected chi connectivity index (χ0v) is 5.44. The van der Waals surface area contributed by atoms with Crippen LogP contribution in [0.2, 0.25) is 0 Å². The Morgan fingerprint density at radius 2 is 2.50 bits per heavy atom. The lowest BCUT2D eigenvalue weighted by Gasteiger charge is -1.85. The fraction of sp³-hybridized carbons (Fsp3) is 0.429. The van der Waals surface area contributed by atoms with Crippen LogP contribution in [0.5, 0.6) is 0 Å². The standard InChI is InChI=1S/C7H11N/c1-4-7(3)6-8-5-2/h5H,1,6H2,2-3H3/b8-5-. The highest BCUT2D eigenvalue weighted by Crippen LogP contribution is 1.86. The summed E-state index contributed by atoms with van der Waals surface area (Å²) in [6.07, 6.45) is 1.78. The van der Waals surface area contributed by atoms with E-state index >= 15 is 0 Å². The average molecular weight is 109 g/mol. The minimum absolute atomic E-state index is 0.736. The summed E-state index contributed by atoms with van der Waals surface area (Å²) in [5.41, 5.74) is 3.84. The van der Waals surface area contributed by atoms with E-state index in [1.165, 1.54) is 0 Å². The molecule has 0 aromatic rings. The second kappa shape index (κ2) is 4.35. The van der Waals surface area contributed by atoms with Gasteiger partial charge in [-0.15, -0.1) is 5.73 Å². The van der Waals surface area contributed by atoms with Crippen LogP contribution in [0.3, 0.4) is 0 Å². The van der Waals surface area contributed by atoms with Crippen LogP contribution >= 0.6 is 0 Å². The topological polar surface area (TPSA) is 12.4 Å². The third-order valence-electron chi connectivity index (χ3n) is 0.813. The minimum atomic E-state index is 0.736. The Morgan fingerprint density at radius 3 is 2.88 bits per heavy atom. The fourth-order valence-electron chi connectivity index (χ4n) is 0.284. The monoisotopic (exact) mass is 109 g/mol. The van der Waals surface area contributed by atoms with Gasteiger partial charge in [0.25, 0.3) is 0 Å². The van der Waals surface area contributed by atoms with E-state index in [2.05, 4.69) is 17.3 Å². The molecule has 0 N–H and O–H groups in total. The van der Waals surface area contributed by atoms with Gasteiger partial charge in [0.05, 0.1) is 6.54 Å². The Kier molecular flexibility index (Phi) is 3.91. The van der Waals surface area contributed by atoms with Gasteiger partial charge in [-0.2, -0.15) is 0 Å². The molecule has 0 bridgehead atoms. The van der Waals surface area contributed by atoms with Gasteiger partial charge in [-0.05, 0) is 25.6 Å². The first-order valence-electron chi connectivity index (χ1n) is 2.61. The van der Waals surface area contributed by atoms with E-state index in [1.54, 1.807) is 6.21 Å². The summed E-state index contributed by atoms with van der Waals surface area (Å²) in [5.74, 6) is 0. The van der Waals surface area contributed by atoms with Gasteiger partial charge in [0.15, 0.2) is 0 Å². The molecule has 0 aromatic heterocycles. The molecule has 0 saturated carbocycles. The third kappa shape index (κ3) is 3.38. The Morgan fingerprint density at radius 1 is 1.88 bits per heavy atom. The molecule has 0 amide bonds. The molecular weight excluding hydrogens is 98.1 g/mol. The molecule has 0 aliphatic heterocycles. The maximum absolute atomic E-state index is 3.98. The zero-order chi connectivity index (χ0) is 6.41. The summed E-state index contributed by atoms with van der Waals surface area (Å²) < 4.78 is 0. The second-order valence-corrected chi connectivity index (χ2v) is 1.56. The van der Waals surface area contributed by atoms with Crippen LogP contribution < -0.4 is 0 Å². The highest BCUT2D eigenvalue weighted by Gasteiger charge is 1.77. The quantitative estimate of drug-likeness (QED) is 0.379. The maximum Gasteiger partial charge on any atom is 0.0666 e. The Hall–Kier alpha value is -0.810. The first-order valence-corrected chi connectivity index (χ1v) is 2.61. The van der Waals surface area contributed by atoms with Crippen molar-refractivity contribution < 1.29 is 0 Å². The van der Waals surface area contributed by atoms with Crippen molar-refractivity contribution in [2.24, 2.45) is 4.99 Å². The van der Waals surface area contributed by atoms with Crippen molar-refractivity contribution in [1.82, 2.24) is 0 Å². The summed E-state index contributed by atoms with van der Waals surface area (Å²) >= 11 is 0. The summed E-state index contributed by atoms with van der Waals surface area (Å²) in [5, 5.41) is 0. The SMILES string of the molecule is C=C=C(C)C/N=C\C. The highest BCUT2D eigenvalue weighted by atomic mass is 14.7. The first-order chi connectivity index (χ1) is 3.81. The van der Waals surface area contributed by atoms with Gasteiger partial charge in [-0.3, -0.25) is 4.99 Å². The van der Waals surface area contributed by atoms with Crippen LogP contribution in [-0.2, 0) is 0 Å². The minimum Gasteiger partial charge on any atom is -0.293 e. The maximum atomic E-state index is 3.98. The van der Waals surface area contributed by atoms with Crippen molar-refractivity contribution >= 4 is 6.21 Å². The lowest BCUT2D eigenvalue weighted by atomic mass is 10.3. The molecule has 0 unspecified atom stereocenters. The van der Waals surface area contributed by atoms with Gasteiger partial charge in [0, 0.05) is 0 Å². The number of nitrogens with zero attached hydrogens (tertiary/aromatic N) is 1. The molecule has 0 atom stereocenters. The highest BCUT2D eigenvalue weighted by molar-refractivity contribution is 5.53. The number of rotatable bonds is 2. The van der Waals surface area contributed by atoms with E-state index in [1.807, 2.05) is 13.8 Å². The van der Waals surface area contributed by atoms with Crippen molar-refractivity contribution in [2.45, 2.75) is 13.8 Å². The zero-order valence-electron chi connectivity index (χ0n) is 5.44. The summed E-state index contributed by atoms with van der Waals surface area (Å²) in [6, 6.07) is 0. The molecule has 0 radical (unpaired) electrons. The third-order valence-corrected chi connectivity index (χ3v) is 0.813. The van der Waals surface area contributed by atoms with Crippen LogP contribution in [-0.4, -0.2) is 12.8 Å². The molecule has 1 heteroatoms. The summed E-state index contributed by atoms with van der Waals surface area (Å²) in [6.45, 7) is 8.07. The summed E-state index contributed by atoms with van der Waals surface area (Å²) in [7, 11) is 0. The molecule has 0 spiro atoms. The smallest absolute Gasteiger partial charge is 0.0666 e. The predicted molar refractivity (Wildman–Crippen MR) is 37.4 cm³/mol. The molecule has 0 saturated heterocycles. The molecule has 44 valence electrons. The molecular formula is C7H11N. The summed E-state index contributed by atoms with van der Waals surface area (Å²) in [4.78, 5) is 3.98. The molecule has 8 heavy (non-hydrogen) atoms. The van der Waals surface area contributed by atoms with Gasteiger partial charge < -0.3 is 0 Å². The van der Waals surface area contributed by atoms with E-state index in [0.29, 0.717) is 0 Å². The van der Waals surface area contributed by atoms with Gasteiger partial charge in [-0.25, -0.2) is 0 Å². The lowest BCUT2D eigenvalue weighted by molar-refractivity contribution is 1.15. The van der Waals surface area contributed by atoms with Crippen molar-refractivity contribution in [3.8, 4) is 0 Å². The molecule has 0 aliphatic rings. The van der Waals surface area contributed by atoms with Gasteiger partial charge in [0.2, 0.25) is 0 Å². The van der Waals surface area contributed by atoms with Crippen molar-refractivity contribution in [2.75, 3.05) is 6.54 Å². The Bertz CT molecular complexity index is 127. The predicted octanol–water partition coefficient (Wildman–Crippen LogP) is 1.81. The van der Waals surface area contributed by atoms with Crippen LogP contribution in [0.15, 0.2) is 22.9 Å². The first kappa shape index (κ1) is 7.19. The van der Waals surface area contributed by atoms with Crippen LogP contribution in [0.4, 0.5) is 0 Å².